The molecule has 2 aromatic carbocycles. The molecule has 0 fully saturated rings. The maximum Gasteiger partial charge on any atom is 0.0958 e. The Balaban J connectivity index is 1.65. The van der Waals surface area contributed by atoms with Crippen LogP contribution in [0.2, 0.25) is 0 Å². The molecule has 0 aliphatic carbocycles. The molecule has 0 aliphatic heterocycles. The molecule has 0 atom stereocenters. The lowest BCUT2D eigenvalue weighted by Crippen LogP contribution is -2.09. The molecule has 0 unspecified atom stereocenters. The monoisotopic (exact) mass is 252 g/mol. The van der Waals surface area contributed by atoms with Gasteiger partial charge in [-0.2, -0.15) is 0 Å². The summed E-state index contributed by atoms with van der Waals surface area (Å²) in [6, 6.07) is 15.9. The number of nitrogens with one attached hydrogen (secondary N) is 1. The van der Waals surface area contributed by atoms with Gasteiger partial charge in [0.25, 0.3) is 0 Å². The molecule has 3 aromatic rings. The minimum absolute atomic E-state index is 0.783. The van der Waals surface area contributed by atoms with Gasteiger partial charge in [-0.1, -0.05) is 12.1 Å². The number of hydrogen-bond donors (Lipinski definition) is 2. The minimum Gasteiger partial charge on any atom is -0.399 e. The van der Waals surface area contributed by atoms with Crippen LogP contribution in [0.4, 0.5) is 11.4 Å². The first-order valence-electron chi connectivity index (χ1n) is 6.32. The number of rotatable bonds is 4. The summed E-state index contributed by atoms with van der Waals surface area (Å²) in [7, 11) is 0. The smallest absolute Gasteiger partial charge is 0.0958 e. The Labute approximate surface area is 111 Å². The van der Waals surface area contributed by atoms with E-state index in [9.17, 15) is 0 Å². The molecule has 0 radical (unpaired) electrons. The quantitative estimate of drug-likeness (QED) is 0.702. The lowest BCUT2D eigenvalue weighted by atomic mass is 10.3. The Morgan fingerprint density at radius 1 is 1.05 bits per heavy atom. The number of hydrogen-bond acceptors (Lipinski definition) is 3. The van der Waals surface area contributed by atoms with Crippen molar-refractivity contribution in [3.05, 3.63) is 54.9 Å². The minimum atomic E-state index is 0.783. The van der Waals surface area contributed by atoms with Crippen molar-refractivity contribution in [2.75, 3.05) is 17.6 Å². The molecule has 0 amide bonds. The number of aromatic nitrogens is 2. The average molecular weight is 252 g/mol. The number of imidazole rings is 1. The van der Waals surface area contributed by atoms with E-state index in [1.165, 1.54) is 5.52 Å². The van der Waals surface area contributed by atoms with E-state index < -0.39 is 0 Å². The van der Waals surface area contributed by atoms with Gasteiger partial charge >= 0.3 is 0 Å². The van der Waals surface area contributed by atoms with Gasteiger partial charge < -0.3 is 15.6 Å². The standard InChI is InChI=1S/C15H16N4/c16-12-5-7-13(8-6-12)17-9-10-19-11-18-14-3-1-2-4-15(14)19/h1-8,11,17H,9-10,16H2. The SMILES string of the molecule is Nc1ccc(NCCn2cnc3ccccc32)cc1. The van der Waals surface area contributed by atoms with Gasteiger partial charge in [-0.25, -0.2) is 4.98 Å². The van der Waals surface area contributed by atoms with E-state index in [1.807, 2.05) is 48.8 Å². The maximum absolute atomic E-state index is 5.65. The van der Waals surface area contributed by atoms with E-state index in [1.54, 1.807) is 0 Å². The molecule has 96 valence electrons. The van der Waals surface area contributed by atoms with Crippen LogP contribution in [0.25, 0.3) is 11.0 Å². The predicted molar refractivity (Wildman–Crippen MR) is 79.1 cm³/mol. The number of anilines is 2. The Bertz CT molecular complexity index is 670. The molecule has 4 nitrogen and oxygen atoms in total. The van der Waals surface area contributed by atoms with Gasteiger partial charge in [-0.05, 0) is 36.4 Å². The lowest BCUT2D eigenvalue weighted by Gasteiger charge is -2.08. The summed E-state index contributed by atoms with van der Waals surface area (Å²) in [6.07, 6.45) is 1.88. The van der Waals surface area contributed by atoms with Crippen molar-refractivity contribution in [1.82, 2.24) is 9.55 Å². The largest absolute Gasteiger partial charge is 0.399 e. The molecule has 0 aliphatic rings. The molecular formula is C15H16N4. The van der Waals surface area contributed by atoms with Crippen molar-refractivity contribution in [2.24, 2.45) is 0 Å². The average Bonchev–Trinajstić information content (AvgIpc) is 2.85. The van der Waals surface area contributed by atoms with Gasteiger partial charge in [0.1, 0.15) is 0 Å². The second kappa shape index (κ2) is 5.02. The third kappa shape index (κ3) is 2.52. The predicted octanol–water partition coefficient (Wildman–Crippen LogP) is 2.73. The van der Waals surface area contributed by atoms with Crippen molar-refractivity contribution >= 4 is 22.4 Å². The van der Waals surface area contributed by atoms with Gasteiger partial charge in [0.15, 0.2) is 0 Å². The van der Waals surface area contributed by atoms with Crippen molar-refractivity contribution in [3.8, 4) is 0 Å². The first-order valence-corrected chi connectivity index (χ1v) is 6.32. The fourth-order valence-electron chi connectivity index (χ4n) is 2.11. The number of para-hydroxylation sites is 2. The fraction of sp³-hybridized carbons (Fsp3) is 0.133. The van der Waals surface area contributed by atoms with Crippen LogP contribution in [0, 0.1) is 0 Å². The highest BCUT2D eigenvalue weighted by Gasteiger charge is 2.00. The summed E-state index contributed by atoms with van der Waals surface area (Å²) in [6.45, 7) is 1.73. The molecule has 0 bridgehead atoms. The number of benzene rings is 2. The number of nitrogen functional groups attached to an aromatic ring is 1. The van der Waals surface area contributed by atoms with Gasteiger partial charge in [0.2, 0.25) is 0 Å². The topological polar surface area (TPSA) is 55.9 Å². The summed E-state index contributed by atoms with van der Waals surface area (Å²) in [5.41, 5.74) is 9.73. The van der Waals surface area contributed by atoms with Gasteiger partial charge in [0.05, 0.1) is 17.4 Å². The van der Waals surface area contributed by atoms with Gasteiger partial charge in [0, 0.05) is 24.5 Å². The fourth-order valence-corrected chi connectivity index (χ4v) is 2.11. The zero-order chi connectivity index (χ0) is 13.1. The highest BCUT2D eigenvalue weighted by atomic mass is 15.1. The molecule has 1 heterocycles. The van der Waals surface area contributed by atoms with Crippen molar-refractivity contribution in [2.45, 2.75) is 6.54 Å². The van der Waals surface area contributed by atoms with E-state index in [-0.39, 0.29) is 0 Å². The molecule has 3 N–H and O–H groups in total. The number of nitrogens with zero attached hydrogens (tertiary/aromatic N) is 2. The Kier molecular flexibility index (Phi) is 3.06. The summed E-state index contributed by atoms with van der Waals surface area (Å²) in [4.78, 5) is 4.37. The molecule has 4 heteroatoms. The zero-order valence-electron chi connectivity index (χ0n) is 10.6. The summed E-state index contributed by atoms with van der Waals surface area (Å²) in [5.74, 6) is 0. The summed E-state index contributed by atoms with van der Waals surface area (Å²) in [5, 5.41) is 3.37. The van der Waals surface area contributed by atoms with Crippen molar-refractivity contribution in [3.63, 3.8) is 0 Å². The van der Waals surface area contributed by atoms with Gasteiger partial charge in [-0.15, -0.1) is 0 Å². The molecular weight excluding hydrogens is 236 g/mol. The van der Waals surface area contributed by atoms with Crippen molar-refractivity contribution in [1.29, 1.82) is 0 Å². The van der Waals surface area contributed by atoms with E-state index in [2.05, 4.69) is 20.9 Å². The van der Waals surface area contributed by atoms with Crippen LogP contribution >= 0.6 is 0 Å². The Morgan fingerprint density at radius 3 is 2.68 bits per heavy atom. The first kappa shape index (κ1) is 11.6. The van der Waals surface area contributed by atoms with E-state index in [4.69, 9.17) is 5.73 Å². The maximum atomic E-state index is 5.65. The number of fused-ring (bicyclic) bond motifs is 1. The van der Waals surface area contributed by atoms with Crippen LogP contribution in [0.15, 0.2) is 54.9 Å². The highest BCUT2D eigenvalue weighted by molar-refractivity contribution is 5.74. The molecule has 1 aromatic heterocycles. The Hall–Kier alpha value is -2.49. The van der Waals surface area contributed by atoms with Crippen LogP contribution in [0.1, 0.15) is 0 Å². The third-order valence-electron chi connectivity index (χ3n) is 3.12. The number of nitrogens with two attached hydrogens (primary N) is 1. The van der Waals surface area contributed by atoms with Crippen LogP contribution in [-0.4, -0.2) is 16.1 Å². The lowest BCUT2D eigenvalue weighted by molar-refractivity contribution is 0.749. The molecule has 0 saturated heterocycles. The highest BCUT2D eigenvalue weighted by Crippen LogP contribution is 2.13. The van der Waals surface area contributed by atoms with Crippen LogP contribution in [0.3, 0.4) is 0 Å². The van der Waals surface area contributed by atoms with E-state index >= 15 is 0 Å². The zero-order valence-corrected chi connectivity index (χ0v) is 10.6. The molecule has 0 saturated carbocycles. The van der Waals surface area contributed by atoms with Crippen LogP contribution < -0.4 is 11.1 Å². The van der Waals surface area contributed by atoms with Crippen LogP contribution in [0.5, 0.6) is 0 Å². The molecule has 19 heavy (non-hydrogen) atoms. The summed E-state index contributed by atoms with van der Waals surface area (Å²) < 4.78 is 2.15. The van der Waals surface area contributed by atoms with E-state index in [0.717, 1.165) is 30.0 Å². The second-order valence-corrected chi connectivity index (χ2v) is 4.48. The van der Waals surface area contributed by atoms with Crippen LogP contribution in [-0.2, 0) is 6.54 Å². The molecule has 0 spiro atoms. The van der Waals surface area contributed by atoms with E-state index in [0.29, 0.717) is 0 Å². The molecule has 3 rings (SSSR count). The third-order valence-corrected chi connectivity index (χ3v) is 3.12. The Morgan fingerprint density at radius 2 is 1.84 bits per heavy atom. The second-order valence-electron chi connectivity index (χ2n) is 4.48. The van der Waals surface area contributed by atoms with Gasteiger partial charge in [-0.3, -0.25) is 0 Å². The summed E-state index contributed by atoms with van der Waals surface area (Å²) >= 11 is 0. The normalized spacial score (nSPS) is 10.7. The van der Waals surface area contributed by atoms with Crippen molar-refractivity contribution < 1.29 is 0 Å². The first-order chi connectivity index (χ1) is 9.33.